The van der Waals surface area contributed by atoms with E-state index >= 15 is 0 Å². The second-order valence-corrected chi connectivity index (χ2v) is 8.24. The van der Waals surface area contributed by atoms with Gasteiger partial charge in [0, 0.05) is 38.5 Å². The third kappa shape index (κ3) is 4.36. The minimum atomic E-state index is 0.735. The average molecular weight is 365 g/mol. The van der Waals surface area contributed by atoms with E-state index in [2.05, 4.69) is 65.3 Å². The maximum Gasteiger partial charge on any atom is 0.0503 e. The number of ether oxygens (including phenoxy) is 1. The quantitative estimate of drug-likeness (QED) is 0.771. The molecule has 2 aromatic carbocycles. The van der Waals surface area contributed by atoms with Crippen LogP contribution in [-0.2, 0) is 4.74 Å². The summed E-state index contributed by atoms with van der Waals surface area (Å²) in [5, 5.41) is 0. The number of methoxy groups -OCH3 is 1. The van der Waals surface area contributed by atoms with Gasteiger partial charge in [0.25, 0.3) is 0 Å². The summed E-state index contributed by atoms with van der Waals surface area (Å²) >= 11 is 0. The fourth-order valence-electron chi connectivity index (χ4n) is 4.68. The molecule has 2 aliphatic rings. The number of hydrogen-bond donors (Lipinski definition) is 0. The minimum Gasteiger partial charge on any atom is -0.384 e. The molecule has 2 saturated heterocycles. The molecular formula is C24H32N2O. The molecule has 3 heteroatoms. The lowest BCUT2D eigenvalue weighted by atomic mass is 10.0. The Morgan fingerprint density at radius 2 is 1.70 bits per heavy atom. The van der Waals surface area contributed by atoms with Crippen molar-refractivity contribution in [1.82, 2.24) is 4.90 Å². The summed E-state index contributed by atoms with van der Waals surface area (Å²) in [4.78, 5) is 5.28. The van der Waals surface area contributed by atoms with E-state index in [1.165, 1.54) is 54.7 Å². The summed E-state index contributed by atoms with van der Waals surface area (Å²) in [6, 6.07) is 18.6. The molecule has 2 aliphatic heterocycles. The van der Waals surface area contributed by atoms with Gasteiger partial charge in [-0.1, -0.05) is 42.0 Å². The monoisotopic (exact) mass is 364 g/mol. The Balaban J connectivity index is 1.37. The predicted octanol–water partition coefficient (Wildman–Crippen LogP) is 4.60. The molecule has 144 valence electrons. The first-order valence-electron chi connectivity index (χ1n) is 10.4. The van der Waals surface area contributed by atoms with E-state index in [9.17, 15) is 0 Å². The zero-order chi connectivity index (χ0) is 18.6. The molecule has 0 radical (unpaired) electrons. The number of hydrogen-bond acceptors (Lipinski definition) is 3. The van der Waals surface area contributed by atoms with Gasteiger partial charge in [0.15, 0.2) is 0 Å². The van der Waals surface area contributed by atoms with Crippen LogP contribution in [-0.4, -0.2) is 50.8 Å². The van der Waals surface area contributed by atoms with Crippen molar-refractivity contribution in [3.05, 3.63) is 54.1 Å². The molecule has 0 saturated carbocycles. The molecule has 0 amide bonds. The van der Waals surface area contributed by atoms with Gasteiger partial charge in [0.2, 0.25) is 0 Å². The van der Waals surface area contributed by atoms with Crippen LogP contribution in [0.3, 0.4) is 0 Å². The molecule has 27 heavy (non-hydrogen) atoms. The second-order valence-electron chi connectivity index (χ2n) is 8.24. The van der Waals surface area contributed by atoms with Crippen LogP contribution < -0.4 is 4.90 Å². The number of piperidine rings is 1. The molecule has 1 atom stereocenters. The average Bonchev–Trinajstić information content (AvgIpc) is 3.18. The van der Waals surface area contributed by atoms with Gasteiger partial charge in [-0.3, -0.25) is 4.90 Å². The van der Waals surface area contributed by atoms with Gasteiger partial charge in [-0.25, -0.2) is 0 Å². The highest BCUT2D eigenvalue weighted by molar-refractivity contribution is 5.68. The van der Waals surface area contributed by atoms with E-state index in [4.69, 9.17) is 4.74 Å². The standard InChI is InChI=1S/C24H32N2O/c1-19-6-8-21(9-7-19)22-4-3-5-24(16-22)25-14-11-23(12-15-25)26-13-10-20(17-26)18-27-2/h3-9,16,20,23H,10-15,17-18H2,1-2H3/t20-/m0/s1. The fourth-order valence-corrected chi connectivity index (χ4v) is 4.68. The lowest BCUT2D eigenvalue weighted by Crippen LogP contribution is -2.44. The van der Waals surface area contributed by atoms with Gasteiger partial charge in [0.05, 0.1) is 6.61 Å². The van der Waals surface area contributed by atoms with Crippen molar-refractivity contribution in [3.63, 3.8) is 0 Å². The van der Waals surface area contributed by atoms with Crippen LogP contribution in [0.5, 0.6) is 0 Å². The van der Waals surface area contributed by atoms with E-state index in [-0.39, 0.29) is 0 Å². The van der Waals surface area contributed by atoms with Gasteiger partial charge in [-0.2, -0.15) is 0 Å². The van der Waals surface area contributed by atoms with E-state index in [0.717, 1.165) is 31.7 Å². The number of rotatable bonds is 5. The van der Waals surface area contributed by atoms with Crippen molar-refractivity contribution in [1.29, 1.82) is 0 Å². The molecule has 0 unspecified atom stereocenters. The summed E-state index contributed by atoms with van der Waals surface area (Å²) in [6.45, 7) is 7.85. The van der Waals surface area contributed by atoms with Crippen molar-refractivity contribution in [2.24, 2.45) is 5.92 Å². The topological polar surface area (TPSA) is 15.7 Å². The minimum absolute atomic E-state index is 0.735. The van der Waals surface area contributed by atoms with Crippen LogP contribution in [0.4, 0.5) is 5.69 Å². The van der Waals surface area contributed by atoms with Crippen molar-refractivity contribution < 1.29 is 4.74 Å². The first-order valence-corrected chi connectivity index (χ1v) is 10.4. The largest absolute Gasteiger partial charge is 0.384 e. The molecule has 0 bridgehead atoms. The lowest BCUT2D eigenvalue weighted by Gasteiger charge is -2.38. The number of nitrogens with zero attached hydrogens (tertiary/aromatic N) is 2. The lowest BCUT2D eigenvalue weighted by molar-refractivity contribution is 0.142. The van der Waals surface area contributed by atoms with Crippen LogP contribution in [0, 0.1) is 12.8 Å². The van der Waals surface area contributed by atoms with Crippen molar-refractivity contribution in [2.45, 2.75) is 32.2 Å². The van der Waals surface area contributed by atoms with E-state index in [0.29, 0.717) is 0 Å². The Kier molecular flexibility index (Phi) is 5.80. The van der Waals surface area contributed by atoms with Crippen molar-refractivity contribution in [3.8, 4) is 11.1 Å². The van der Waals surface area contributed by atoms with Gasteiger partial charge >= 0.3 is 0 Å². The summed E-state index contributed by atoms with van der Waals surface area (Å²) < 4.78 is 5.36. The molecule has 2 aromatic rings. The number of likely N-dealkylation sites (tertiary alicyclic amines) is 1. The fraction of sp³-hybridized carbons (Fsp3) is 0.500. The van der Waals surface area contributed by atoms with Crippen LogP contribution >= 0.6 is 0 Å². The number of aryl methyl sites for hydroxylation is 1. The molecule has 0 spiro atoms. The van der Waals surface area contributed by atoms with E-state index in [1.807, 2.05) is 7.11 Å². The predicted molar refractivity (Wildman–Crippen MR) is 113 cm³/mol. The summed E-state index contributed by atoms with van der Waals surface area (Å²) in [7, 11) is 1.83. The Bertz CT molecular complexity index is 734. The van der Waals surface area contributed by atoms with Crippen molar-refractivity contribution >= 4 is 5.69 Å². The normalized spacial score (nSPS) is 21.7. The Morgan fingerprint density at radius 3 is 2.44 bits per heavy atom. The number of benzene rings is 2. The first-order chi connectivity index (χ1) is 13.2. The van der Waals surface area contributed by atoms with Crippen LogP contribution in [0.15, 0.2) is 48.5 Å². The summed E-state index contributed by atoms with van der Waals surface area (Å²) in [5.74, 6) is 0.735. The van der Waals surface area contributed by atoms with Crippen LogP contribution in [0.2, 0.25) is 0 Å². The zero-order valence-electron chi connectivity index (χ0n) is 16.7. The third-order valence-electron chi connectivity index (χ3n) is 6.30. The van der Waals surface area contributed by atoms with Gasteiger partial charge in [-0.05, 0) is 61.9 Å². The molecule has 3 nitrogen and oxygen atoms in total. The molecule has 2 heterocycles. The highest BCUT2D eigenvalue weighted by Gasteiger charge is 2.30. The van der Waals surface area contributed by atoms with Crippen LogP contribution in [0.1, 0.15) is 24.8 Å². The Morgan fingerprint density at radius 1 is 0.926 bits per heavy atom. The van der Waals surface area contributed by atoms with Gasteiger partial charge in [0.1, 0.15) is 0 Å². The molecule has 4 rings (SSSR count). The molecule has 2 fully saturated rings. The Hall–Kier alpha value is -1.84. The van der Waals surface area contributed by atoms with E-state index in [1.54, 1.807) is 0 Å². The zero-order valence-corrected chi connectivity index (χ0v) is 16.7. The highest BCUT2D eigenvalue weighted by atomic mass is 16.5. The number of anilines is 1. The first kappa shape index (κ1) is 18.5. The highest BCUT2D eigenvalue weighted by Crippen LogP contribution is 2.29. The molecule has 0 N–H and O–H groups in total. The van der Waals surface area contributed by atoms with Gasteiger partial charge < -0.3 is 9.64 Å². The summed E-state index contributed by atoms with van der Waals surface area (Å²) in [6.07, 6.45) is 3.84. The molecule has 0 aliphatic carbocycles. The van der Waals surface area contributed by atoms with Crippen molar-refractivity contribution in [2.75, 3.05) is 44.8 Å². The van der Waals surface area contributed by atoms with Crippen LogP contribution in [0.25, 0.3) is 11.1 Å². The molecular weight excluding hydrogens is 332 g/mol. The van der Waals surface area contributed by atoms with E-state index < -0.39 is 0 Å². The smallest absolute Gasteiger partial charge is 0.0503 e. The van der Waals surface area contributed by atoms with Gasteiger partial charge in [-0.15, -0.1) is 0 Å². The summed E-state index contributed by atoms with van der Waals surface area (Å²) in [5.41, 5.74) is 5.30. The maximum atomic E-state index is 5.36. The SMILES string of the molecule is COC[C@H]1CCN(C2CCN(c3cccc(-c4ccc(C)cc4)c3)CC2)C1. The Labute approximate surface area is 163 Å². The second kappa shape index (κ2) is 8.45. The maximum absolute atomic E-state index is 5.36. The third-order valence-corrected chi connectivity index (χ3v) is 6.30. The molecule has 0 aromatic heterocycles.